The lowest BCUT2D eigenvalue weighted by Gasteiger charge is -2.31. The van der Waals surface area contributed by atoms with Crippen LogP contribution in [-0.4, -0.2) is 12.9 Å². The molecule has 2 atom stereocenters. The molecule has 2 heteroatoms. The molecule has 0 N–H and O–H groups in total. The zero-order chi connectivity index (χ0) is 11.4. The van der Waals surface area contributed by atoms with Gasteiger partial charge in [0.2, 0.25) is 0 Å². The summed E-state index contributed by atoms with van der Waals surface area (Å²) >= 11 is 0. The molecule has 1 heterocycles. The maximum Gasteiger partial charge on any atom is 0.162 e. The van der Waals surface area contributed by atoms with E-state index in [1.165, 1.54) is 11.1 Å². The van der Waals surface area contributed by atoms with Gasteiger partial charge in [-0.3, -0.25) is 0 Å². The van der Waals surface area contributed by atoms with Crippen LogP contribution in [0, 0.1) is 0 Å². The topological polar surface area (TPSA) is 18.5 Å². The van der Waals surface area contributed by atoms with Crippen molar-refractivity contribution in [3.05, 3.63) is 48.0 Å². The van der Waals surface area contributed by atoms with E-state index in [1.54, 1.807) is 0 Å². The normalized spacial score (nSPS) is 23.8. The summed E-state index contributed by atoms with van der Waals surface area (Å²) in [6.45, 7) is 6.46. The minimum absolute atomic E-state index is 0.0963. The zero-order valence-electron chi connectivity index (χ0n) is 9.69. The van der Waals surface area contributed by atoms with E-state index in [1.807, 2.05) is 13.0 Å². The molecule has 0 saturated heterocycles. The van der Waals surface area contributed by atoms with Crippen molar-refractivity contribution in [3.8, 4) is 0 Å². The highest BCUT2D eigenvalue weighted by Gasteiger charge is 2.26. The molecule has 0 aromatic heterocycles. The van der Waals surface area contributed by atoms with Gasteiger partial charge < -0.3 is 9.47 Å². The quantitative estimate of drug-likeness (QED) is 0.722. The summed E-state index contributed by atoms with van der Waals surface area (Å²) in [5.41, 5.74) is 2.61. The van der Waals surface area contributed by atoms with Crippen molar-refractivity contribution in [1.29, 1.82) is 0 Å². The molecule has 1 aliphatic heterocycles. The van der Waals surface area contributed by atoms with Crippen LogP contribution in [0.25, 0.3) is 0 Å². The Balaban J connectivity index is 2.22. The van der Waals surface area contributed by atoms with Crippen LogP contribution in [0.5, 0.6) is 0 Å². The number of ether oxygens (including phenoxy) is 2. The SMILES string of the molecule is C=CC[C@H]1O[C@@H](OCC)Cc2ccccc21. The summed E-state index contributed by atoms with van der Waals surface area (Å²) in [6, 6.07) is 8.41. The Kier molecular flexibility index (Phi) is 3.75. The third-order valence-electron chi connectivity index (χ3n) is 2.84. The Hall–Kier alpha value is -1.12. The summed E-state index contributed by atoms with van der Waals surface area (Å²) in [5, 5.41) is 0. The van der Waals surface area contributed by atoms with Crippen LogP contribution in [0.1, 0.15) is 30.6 Å². The minimum atomic E-state index is -0.107. The molecular weight excluding hydrogens is 200 g/mol. The predicted octanol–water partition coefficient (Wildman–Crippen LogP) is 3.24. The van der Waals surface area contributed by atoms with Gasteiger partial charge in [0.25, 0.3) is 0 Å². The molecule has 0 radical (unpaired) electrons. The highest BCUT2D eigenvalue weighted by molar-refractivity contribution is 5.31. The van der Waals surface area contributed by atoms with Gasteiger partial charge in [0.1, 0.15) is 0 Å². The van der Waals surface area contributed by atoms with Crippen LogP contribution in [-0.2, 0) is 15.9 Å². The van der Waals surface area contributed by atoms with Crippen molar-refractivity contribution in [2.75, 3.05) is 6.61 Å². The van der Waals surface area contributed by atoms with Crippen LogP contribution in [0.3, 0.4) is 0 Å². The predicted molar refractivity (Wildman–Crippen MR) is 64.2 cm³/mol. The Morgan fingerprint density at radius 1 is 1.50 bits per heavy atom. The first-order chi connectivity index (χ1) is 7.85. The molecule has 0 saturated carbocycles. The van der Waals surface area contributed by atoms with E-state index in [2.05, 4.69) is 30.8 Å². The lowest BCUT2D eigenvalue weighted by Crippen LogP contribution is -2.28. The first-order valence-electron chi connectivity index (χ1n) is 5.81. The molecule has 2 nitrogen and oxygen atoms in total. The van der Waals surface area contributed by atoms with Crippen molar-refractivity contribution in [2.24, 2.45) is 0 Å². The van der Waals surface area contributed by atoms with Gasteiger partial charge in [-0.25, -0.2) is 0 Å². The second-order valence-corrected chi connectivity index (χ2v) is 3.94. The molecule has 0 fully saturated rings. The Bertz CT molecular complexity index is 360. The van der Waals surface area contributed by atoms with E-state index in [9.17, 15) is 0 Å². The van der Waals surface area contributed by atoms with Gasteiger partial charge in [-0.1, -0.05) is 30.3 Å². The van der Waals surface area contributed by atoms with Crippen molar-refractivity contribution >= 4 is 0 Å². The van der Waals surface area contributed by atoms with Crippen LogP contribution in [0.2, 0.25) is 0 Å². The molecular formula is C14H18O2. The highest BCUT2D eigenvalue weighted by atomic mass is 16.7. The fraction of sp³-hybridized carbons (Fsp3) is 0.429. The van der Waals surface area contributed by atoms with Crippen molar-refractivity contribution in [3.63, 3.8) is 0 Å². The summed E-state index contributed by atoms with van der Waals surface area (Å²) in [5.74, 6) is 0. The average molecular weight is 218 g/mol. The molecule has 2 rings (SSSR count). The van der Waals surface area contributed by atoms with E-state index in [4.69, 9.17) is 9.47 Å². The number of hydrogen-bond donors (Lipinski definition) is 0. The number of rotatable bonds is 4. The van der Waals surface area contributed by atoms with E-state index in [0.717, 1.165) is 12.8 Å². The minimum Gasteiger partial charge on any atom is -0.353 e. The molecule has 0 spiro atoms. The third kappa shape index (κ3) is 2.34. The fourth-order valence-electron chi connectivity index (χ4n) is 2.14. The lowest BCUT2D eigenvalue weighted by atomic mass is 9.95. The van der Waals surface area contributed by atoms with Gasteiger partial charge in [-0.15, -0.1) is 6.58 Å². The maximum atomic E-state index is 5.90. The van der Waals surface area contributed by atoms with Gasteiger partial charge >= 0.3 is 0 Å². The molecule has 0 bridgehead atoms. The van der Waals surface area contributed by atoms with Gasteiger partial charge in [-0.2, -0.15) is 0 Å². The van der Waals surface area contributed by atoms with Crippen LogP contribution < -0.4 is 0 Å². The summed E-state index contributed by atoms with van der Waals surface area (Å²) in [7, 11) is 0. The second kappa shape index (κ2) is 5.28. The smallest absolute Gasteiger partial charge is 0.162 e. The lowest BCUT2D eigenvalue weighted by molar-refractivity contribution is -0.176. The number of benzene rings is 1. The maximum absolute atomic E-state index is 5.90. The monoisotopic (exact) mass is 218 g/mol. The fourth-order valence-corrected chi connectivity index (χ4v) is 2.14. The third-order valence-corrected chi connectivity index (χ3v) is 2.84. The largest absolute Gasteiger partial charge is 0.353 e. The molecule has 1 aromatic rings. The van der Waals surface area contributed by atoms with Gasteiger partial charge in [0.05, 0.1) is 6.10 Å². The molecule has 16 heavy (non-hydrogen) atoms. The highest BCUT2D eigenvalue weighted by Crippen LogP contribution is 2.32. The van der Waals surface area contributed by atoms with E-state index < -0.39 is 0 Å². The molecule has 1 aromatic carbocycles. The summed E-state index contributed by atoms with van der Waals surface area (Å²) in [6.07, 6.45) is 3.57. The zero-order valence-corrected chi connectivity index (χ0v) is 9.69. The standard InChI is InChI=1S/C14H18O2/c1-3-7-13-12-9-6-5-8-11(12)10-14(16-13)15-4-2/h3,5-6,8-9,13-14H,1,4,7,10H2,2H3/t13-,14-/m1/s1. The Morgan fingerprint density at radius 3 is 3.06 bits per heavy atom. The second-order valence-electron chi connectivity index (χ2n) is 3.94. The van der Waals surface area contributed by atoms with Crippen LogP contribution in [0.15, 0.2) is 36.9 Å². The average Bonchev–Trinajstić information content (AvgIpc) is 2.30. The van der Waals surface area contributed by atoms with E-state index in [0.29, 0.717) is 6.61 Å². The first kappa shape index (κ1) is 11.4. The Morgan fingerprint density at radius 2 is 2.31 bits per heavy atom. The first-order valence-corrected chi connectivity index (χ1v) is 5.81. The number of hydrogen-bond acceptors (Lipinski definition) is 2. The summed E-state index contributed by atoms with van der Waals surface area (Å²) in [4.78, 5) is 0. The Labute approximate surface area is 96.9 Å². The van der Waals surface area contributed by atoms with Crippen molar-refractivity contribution in [2.45, 2.75) is 32.2 Å². The number of fused-ring (bicyclic) bond motifs is 1. The van der Waals surface area contributed by atoms with Gasteiger partial charge in [0, 0.05) is 13.0 Å². The molecule has 86 valence electrons. The van der Waals surface area contributed by atoms with E-state index >= 15 is 0 Å². The van der Waals surface area contributed by atoms with Gasteiger partial charge in [0.15, 0.2) is 6.29 Å². The van der Waals surface area contributed by atoms with Crippen molar-refractivity contribution in [1.82, 2.24) is 0 Å². The molecule has 0 unspecified atom stereocenters. The van der Waals surface area contributed by atoms with Gasteiger partial charge in [-0.05, 0) is 24.5 Å². The molecule has 1 aliphatic rings. The van der Waals surface area contributed by atoms with Crippen LogP contribution in [0.4, 0.5) is 0 Å². The summed E-state index contributed by atoms with van der Waals surface area (Å²) < 4.78 is 11.5. The molecule has 0 amide bonds. The van der Waals surface area contributed by atoms with Crippen molar-refractivity contribution < 1.29 is 9.47 Å². The van der Waals surface area contributed by atoms with Crippen LogP contribution >= 0.6 is 0 Å². The van der Waals surface area contributed by atoms with E-state index in [-0.39, 0.29) is 12.4 Å². The molecule has 0 aliphatic carbocycles.